The summed E-state index contributed by atoms with van der Waals surface area (Å²) in [4.78, 5) is 24.7. The van der Waals surface area contributed by atoms with Crippen molar-refractivity contribution in [3.8, 4) is 0 Å². The maximum atomic E-state index is 13.2. The van der Waals surface area contributed by atoms with Gasteiger partial charge in [-0.15, -0.1) is 0 Å². The number of carbonyl (C=O) groups is 2. The zero-order valence-electron chi connectivity index (χ0n) is 17.3. The molecule has 13 heteroatoms. The first kappa shape index (κ1) is 24.4. The van der Waals surface area contributed by atoms with Gasteiger partial charge in [-0.05, 0) is 42.3 Å². The number of ketones is 1. The summed E-state index contributed by atoms with van der Waals surface area (Å²) in [6.45, 7) is 1.81. The molecular formula is C20H15B3FNO7S. The van der Waals surface area contributed by atoms with Gasteiger partial charge < -0.3 is 19.4 Å². The van der Waals surface area contributed by atoms with Crippen molar-refractivity contribution in [1.82, 2.24) is 0 Å². The lowest BCUT2D eigenvalue weighted by Crippen LogP contribution is -2.40. The van der Waals surface area contributed by atoms with E-state index in [1.54, 1.807) is 6.92 Å². The summed E-state index contributed by atoms with van der Waals surface area (Å²) >= 11 is 0. The summed E-state index contributed by atoms with van der Waals surface area (Å²) in [6, 6.07) is 9.27. The highest BCUT2D eigenvalue weighted by molar-refractivity contribution is 7.90. The Kier molecular flexibility index (Phi) is 6.38. The standard InChI is InChI=1S/C20H15B3FNO7S/c1-2-30-18(27)11-3-5-12(6-4-11)19(21)16(26)15(17(25)31-19)32-33(28,29)20(22,23)13-7-9-14(24)10-8-13/h3-10H,2,25H2,1H3/t19-/m0/s1. The first-order chi connectivity index (χ1) is 15.3. The maximum Gasteiger partial charge on any atom is 0.338 e. The van der Waals surface area contributed by atoms with Crippen molar-refractivity contribution in [2.45, 2.75) is 17.0 Å². The van der Waals surface area contributed by atoms with E-state index in [2.05, 4.69) is 0 Å². The number of rotatable bonds is 7. The lowest BCUT2D eigenvalue weighted by Gasteiger charge is -2.26. The van der Waals surface area contributed by atoms with Gasteiger partial charge in [-0.25, -0.2) is 9.18 Å². The Balaban J connectivity index is 1.87. The second-order valence-electron chi connectivity index (χ2n) is 7.00. The average Bonchev–Trinajstić information content (AvgIpc) is 2.98. The monoisotopic (exact) mass is 465 g/mol. The van der Waals surface area contributed by atoms with Gasteiger partial charge >= 0.3 is 16.1 Å². The fraction of sp³-hybridized carbons (Fsp3) is 0.200. The third-order valence-corrected chi connectivity index (χ3v) is 6.21. The molecule has 1 atom stereocenters. The first-order valence-corrected chi connectivity index (χ1v) is 10.8. The van der Waals surface area contributed by atoms with Gasteiger partial charge in [0.05, 0.1) is 32.4 Å². The van der Waals surface area contributed by atoms with Crippen LogP contribution >= 0.6 is 0 Å². The van der Waals surface area contributed by atoms with Crippen molar-refractivity contribution < 1.29 is 36.1 Å². The number of esters is 1. The summed E-state index contributed by atoms with van der Waals surface area (Å²) in [5.41, 5.74) is 3.44. The molecule has 0 amide bonds. The molecule has 0 fully saturated rings. The Labute approximate surface area is 193 Å². The van der Waals surface area contributed by atoms with Gasteiger partial charge in [0.25, 0.3) is 0 Å². The van der Waals surface area contributed by atoms with Crippen LogP contribution in [0.3, 0.4) is 0 Å². The number of hydrogen-bond donors (Lipinski definition) is 1. The molecule has 2 aromatic carbocycles. The van der Waals surface area contributed by atoms with Crippen LogP contribution in [0.25, 0.3) is 0 Å². The molecule has 0 saturated carbocycles. The van der Waals surface area contributed by atoms with Crippen LogP contribution in [0.1, 0.15) is 28.4 Å². The van der Waals surface area contributed by atoms with Crippen molar-refractivity contribution >= 4 is 45.4 Å². The van der Waals surface area contributed by atoms with Crippen molar-refractivity contribution in [3.05, 3.63) is 82.7 Å². The Morgan fingerprint density at radius 2 is 1.73 bits per heavy atom. The van der Waals surface area contributed by atoms with Crippen LogP contribution in [0, 0.1) is 5.82 Å². The predicted molar refractivity (Wildman–Crippen MR) is 117 cm³/mol. The zero-order valence-corrected chi connectivity index (χ0v) is 18.1. The number of halogens is 1. The second kappa shape index (κ2) is 8.62. The van der Waals surface area contributed by atoms with E-state index in [1.807, 2.05) is 0 Å². The predicted octanol–water partition coefficient (Wildman–Crippen LogP) is 0.545. The molecule has 0 aromatic heterocycles. The van der Waals surface area contributed by atoms with Crippen molar-refractivity contribution in [3.63, 3.8) is 0 Å². The van der Waals surface area contributed by atoms with Crippen molar-refractivity contribution in [2.24, 2.45) is 5.73 Å². The normalized spacial score (nSPS) is 18.7. The molecular weight excluding hydrogens is 450 g/mol. The quantitative estimate of drug-likeness (QED) is 0.358. The molecule has 1 heterocycles. The van der Waals surface area contributed by atoms with E-state index in [9.17, 15) is 22.4 Å². The zero-order chi connectivity index (χ0) is 24.6. The fourth-order valence-electron chi connectivity index (χ4n) is 2.92. The lowest BCUT2D eigenvalue weighted by molar-refractivity contribution is -0.126. The fourth-order valence-corrected chi connectivity index (χ4v) is 3.86. The van der Waals surface area contributed by atoms with Crippen LogP contribution in [-0.2, 0) is 38.6 Å². The molecule has 0 spiro atoms. The summed E-state index contributed by atoms with van der Waals surface area (Å²) < 4.78 is 51.0. The average molecular weight is 465 g/mol. The SMILES string of the molecule is [B]C([B])(c1ccc(F)cc1)S(=O)(=O)OC1=C(N)O[C@@]([B])(c2ccc(C(=O)OCC)cc2)C1=O. The van der Waals surface area contributed by atoms with Crippen LogP contribution in [0.15, 0.2) is 60.2 Å². The molecule has 164 valence electrons. The number of hydrogen-bond acceptors (Lipinski definition) is 8. The van der Waals surface area contributed by atoms with Gasteiger partial charge in [0.15, 0.2) is 5.50 Å². The Morgan fingerprint density at radius 3 is 2.27 bits per heavy atom. The molecule has 3 rings (SSSR count). The Hall–Kier alpha value is -3.21. The summed E-state index contributed by atoms with van der Waals surface area (Å²) in [7, 11) is 12.6. The van der Waals surface area contributed by atoms with Crippen LogP contribution < -0.4 is 5.73 Å². The van der Waals surface area contributed by atoms with E-state index in [0.717, 1.165) is 24.3 Å². The van der Waals surface area contributed by atoms with E-state index < -0.39 is 49.4 Å². The largest absolute Gasteiger partial charge is 0.467 e. The third-order valence-electron chi connectivity index (χ3n) is 4.77. The third kappa shape index (κ3) is 4.37. The molecule has 2 aromatic rings. The Bertz CT molecular complexity index is 1230. The van der Waals surface area contributed by atoms with E-state index in [-0.39, 0.29) is 23.3 Å². The summed E-state index contributed by atoms with van der Waals surface area (Å²) in [6.07, 6.45) is 0. The molecule has 1 aliphatic rings. The van der Waals surface area contributed by atoms with Crippen LogP contribution in [-0.4, -0.2) is 50.3 Å². The summed E-state index contributed by atoms with van der Waals surface area (Å²) in [5.74, 6) is -4.04. The van der Waals surface area contributed by atoms with Crippen LogP contribution in [0.2, 0.25) is 0 Å². The van der Waals surface area contributed by atoms with Crippen LogP contribution in [0.5, 0.6) is 0 Å². The highest BCUT2D eigenvalue weighted by Gasteiger charge is 2.50. The minimum Gasteiger partial charge on any atom is -0.467 e. The first-order valence-electron chi connectivity index (χ1n) is 9.41. The van der Waals surface area contributed by atoms with E-state index >= 15 is 0 Å². The van der Waals surface area contributed by atoms with Gasteiger partial charge in [0.2, 0.25) is 17.4 Å². The molecule has 6 radical (unpaired) electrons. The molecule has 0 aliphatic carbocycles. The van der Waals surface area contributed by atoms with Gasteiger partial charge in [0, 0.05) is 0 Å². The molecule has 0 unspecified atom stereocenters. The van der Waals surface area contributed by atoms with Gasteiger partial charge in [0.1, 0.15) is 13.7 Å². The highest BCUT2D eigenvalue weighted by atomic mass is 32.2. The smallest absolute Gasteiger partial charge is 0.338 e. The number of Topliss-reactive ketones (excluding diaryl/α,β-unsaturated/α-hetero) is 1. The van der Waals surface area contributed by atoms with Gasteiger partial charge in [-0.2, -0.15) is 8.42 Å². The highest BCUT2D eigenvalue weighted by Crippen LogP contribution is 2.38. The maximum absolute atomic E-state index is 13.2. The van der Waals surface area contributed by atoms with Crippen LogP contribution in [0.4, 0.5) is 4.39 Å². The second-order valence-corrected chi connectivity index (χ2v) is 8.75. The Morgan fingerprint density at radius 1 is 1.15 bits per heavy atom. The molecule has 8 nitrogen and oxygen atoms in total. The number of benzene rings is 2. The molecule has 2 N–H and O–H groups in total. The lowest BCUT2D eigenvalue weighted by atomic mass is 9.65. The van der Waals surface area contributed by atoms with Gasteiger partial charge in [-0.3, -0.25) is 4.79 Å². The number of ether oxygens (including phenoxy) is 2. The van der Waals surface area contributed by atoms with Gasteiger partial charge in [-0.1, -0.05) is 24.3 Å². The number of carbonyl (C=O) groups excluding carboxylic acids is 2. The minimum atomic E-state index is -4.95. The molecule has 0 bridgehead atoms. The van der Waals surface area contributed by atoms with Crippen molar-refractivity contribution in [2.75, 3.05) is 6.61 Å². The topological polar surface area (TPSA) is 122 Å². The van der Waals surface area contributed by atoms with E-state index in [1.165, 1.54) is 24.3 Å². The van der Waals surface area contributed by atoms with E-state index in [0.29, 0.717) is 0 Å². The molecule has 33 heavy (non-hydrogen) atoms. The molecule has 1 aliphatic heterocycles. The molecule has 0 saturated heterocycles. The number of nitrogens with two attached hydrogens (primary N) is 1. The van der Waals surface area contributed by atoms with E-state index in [4.69, 9.17) is 42.9 Å². The summed E-state index contributed by atoms with van der Waals surface area (Å²) in [5, 5.41) is 0. The minimum absolute atomic E-state index is 0.0461. The van der Waals surface area contributed by atoms with Crippen molar-refractivity contribution in [1.29, 1.82) is 0 Å².